The molecule has 0 aliphatic heterocycles. The molecule has 1 aromatic carbocycles. The minimum absolute atomic E-state index is 0. The van der Waals surface area contributed by atoms with Gasteiger partial charge in [0.15, 0.2) is 12.1 Å². The normalized spacial score (nSPS) is 6.08. The standard InChI is InChI=1S/C7H8O.C2N2.H2Se/c1-8-7-5-3-2-4-6-7;3-1-2-4;/h2-6H,1H3;;1H2. The van der Waals surface area contributed by atoms with E-state index in [1.54, 1.807) is 7.11 Å². The predicted octanol–water partition coefficient (Wildman–Crippen LogP) is 0.813. The second-order valence-corrected chi connectivity index (χ2v) is 1.74. The fourth-order valence-electron chi connectivity index (χ4n) is 0.557. The van der Waals surface area contributed by atoms with Crippen molar-refractivity contribution in [2.75, 3.05) is 7.11 Å². The van der Waals surface area contributed by atoms with Crippen LogP contribution in [0.25, 0.3) is 0 Å². The number of nitriles is 2. The van der Waals surface area contributed by atoms with Crippen LogP contribution in [0.2, 0.25) is 0 Å². The zero-order valence-corrected chi connectivity index (χ0v) is 9.29. The van der Waals surface area contributed by atoms with Gasteiger partial charge in [0.05, 0.1) is 7.11 Å². The fourth-order valence-corrected chi connectivity index (χ4v) is 0.557. The summed E-state index contributed by atoms with van der Waals surface area (Å²) in [4.78, 5) is 0. The van der Waals surface area contributed by atoms with Gasteiger partial charge in [-0.05, 0) is 12.1 Å². The Hall–Kier alpha value is -1.48. The Balaban J connectivity index is 0. The quantitative estimate of drug-likeness (QED) is 0.684. The number of methoxy groups -OCH3 is 1. The van der Waals surface area contributed by atoms with Gasteiger partial charge in [-0.15, -0.1) is 0 Å². The van der Waals surface area contributed by atoms with Crippen LogP contribution in [0.1, 0.15) is 0 Å². The number of rotatable bonds is 1. The van der Waals surface area contributed by atoms with Crippen molar-refractivity contribution in [3.05, 3.63) is 30.3 Å². The summed E-state index contributed by atoms with van der Waals surface area (Å²) in [7, 11) is 1.66. The second kappa shape index (κ2) is 10.5. The molecule has 0 heterocycles. The number of ether oxygens (including phenoxy) is 1. The van der Waals surface area contributed by atoms with Crippen LogP contribution in [0, 0.1) is 22.7 Å². The van der Waals surface area contributed by atoms with Gasteiger partial charge in [-0.2, -0.15) is 10.5 Å². The molecule has 0 radical (unpaired) electrons. The summed E-state index contributed by atoms with van der Waals surface area (Å²) in [5, 5.41) is 14.5. The summed E-state index contributed by atoms with van der Waals surface area (Å²) >= 11 is 0. The van der Waals surface area contributed by atoms with E-state index in [-0.39, 0.29) is 17.1 Å². The summed E-state index contributed by atoms with van der Waals surface area (Å²) in [5.74, 6) is 0.910. The Morgan fingerprint density at radius 1 is 1.08 bits per heavy atom. The van der Waals surface area contributed by atoms with Gasteiger partial charge >= 0.3 is 17.1 Å². The molecule has 0 fully saturated rings. The molecule has 0 amide bonds. The molecule has 1 rings (SSSR count). The van der Waals surface area contributed by atoms with Crippen molar-refractivity contribution >= 4 is 17.1 Å². The first-order valence-corrected chi connectivity index (χ1v) is 3.22. The first-order chi connectivity index (χ1) is 5.85. The molecule has 0 N–H and O–H groups in total. The summed E-state index contributed by atoms with van der Waals surface area (Å²) < 4.78 is 4.91. The van der Waals surface area contributed by atoms with Crippen LogP contribution in [0.5, 0.6) is 5.75 Å². The van der Waals surface area contributed by atoms with Gasteiger partial charge in [0.1, 0.15) is 5.75 Å². The summed E-state index contributed by atoms with van der Waals surface area (Å²) in [6, 6.07) is 12.2. The van der Waals surface area contributed by atoms with Crippen LogP contribution in [-0.2, 0) is 0 Å². The van der Waals surface area contributed by atoms with E-state index < -0.39 is 0 Å². The maximum absolute atomic E-state index is 7.26. The van der Waals surface area contributed by atoms with E-state index in [0.717, 1.165) is 5.75 Å². The first kappa shape index (κ1) is 14.1. The average molecular weight is 241 g/mol. The molecule has 0 bridgehead atoms. The van der Waals surface area contributed by atoms with Crippen molar-refractivity contribution in [3.8, 4) is 17.9 Å². The number of hydrogen-bond acceptors (Lipinski definition) is 3. The molecule has 1 aromatic rings. The third-order valence-corrected chi connectivity index (χ3v) is 1.03. The van der Waals surface area contributed by atoms with E-state index in [9.17, 15) is 0 Å². The molecule has 0 saturated heterocycles. The number of para-hydroxylation sites is 1. The Kier molecular flexibility index (Phi) is 11.4. The zero-order chi connectivity index (χ0) is 9.23. The van der Waals surface area contributed by atoms with E-state index in [0.29, 0.717) is 0 Å². The van der Waals surface area contributed by atoms with Crippen LogP contribution >= 0.6 is 0 Å². The van der Waals surface area contributed by atoms with E-state index in [1.807, 2.05) is 30.3 Å². The molecule has 0 saturated carbocycles. The van der Waals surface area contributed by atoms with Crippen molar-refractivity contribution in [1.82, 2.24) is 0 Å². The van der Waals surface area contributed by atoms with Gasteiger partial charge < -0.3 is 4.74 Å². The van der Waals surface area contributed by atoms with E-state index in [1.165, 1.54) is 12.1 Å². The van der Waals surface area contributed by atoms with Crippen molar-refractivity contribution < 1.29 is 4.74 Å². The van der Waals surface area contributed by atoms with Gasteiger partial charge in [0.25, 0.3) is 0 Å². The number of hydrogen-bond donors (Lipinski definition) is 0. The van der Waals surface area contributed by atoms with Crippen molar-refractivity contribution in [1.29, 1.82) is 10.5 Å². The Morgan fingerprint density at radius 2 is 1.54 bits per heavy atom. The van der Waals surface area contributed by atoms with Crippen LogP contribution in [-0.4, -0.2) is 24.2 Å². The molecule has 13 heavy (non-hydrogen) atoms. The average Bonchev–Trinajstić information content (AvgIpc) is 2.19. The molecule has 0 aliphatic rings. The van der Waals surface area contributed by atoms with Crippen LogP contribution in [0.4, 0.5) is 0 Å². The van der Waals surface area contributed by atoms with Gasteiger partial charge in [-0.25, -0.2) is 0 Å². The van der Waals surface area contributed by atoms with Crippen molar-refractivity contribution in [3.63, 3.8) is 0 Å². The Labute approximate surface area is 88.0 Å². The van der Waals surface area contributed by atoms with Gasteiger partial charge in [-0.1, -0.05) is 18.2 Å². The third kappa shape index (κ3) is 8.43. The first-order valence-electron chi connectivity index (χ1n) is 3.22. The van der Waals surface area contributed by atoms with E-state index >= 15 is 0 Å². The van der Waals surface area contributed by atoms with Gasteiger partial charge in [0.2, 0.25) is 0 Å². The zero-order valence-electron chi connectivity index (χ0n) is 7.19. The molecule has 0 spiro atoms. The van der Waals surface area contributed by atoms with Crippen molar-refractivity contribution in [2.24, 2.45) is 0 Å². The molecule has 0 atom stereocenters. The monoisotopic (exact) mass is 242 g/mol. The van der Waals surface area contributed by atoms with Crippen LogP contribution in [0.15, 0.2) is 30.3 Å². The Bertz CT molecular complexity index is 275. The summed E-state index contributed by atoms with van der Waals surface area (Å²) in [6.07, 6.45) is 0. The van der Waals surface area contributed by atoms with Crippen molar-refractivity contribution in [2.45, 2.75) is 0 Å². The predicted molar refractivity (Wildman–Crippen MR) is 52.8 cm³/mol. The topological polar surface area (TPSA) is 56.8 Å². The molecule has 3 nitrogen and oxygen atoms in total. The molecule has 0 unspecified atom stereocenters. The van der Waals surface area contributed by atoms with Crippen LogP contribution in [0.3, 0.4) is 0 Å². The summed E-state index contributed by atoms with van der Waals surface area (Å²) in [6.45, 7) is 0. The number of benzene rings is 1. The Morgan fingerprint density at radius 3 is 1.77 bits per heavy atom. The molecular formula is C9H10N2OSe. The molecule has 68 valence electrons. The summed E-state index contributed by atoms with van der Waals surface area (Å²) in [5.41, 5.74) is 0. The molecular weight excluding hydrogens is 231 g/mol. The minimum atomic E-state index is 0. The van der Waals surface area contributed by atoms with Crippen LogP contribution < -0.4 is 4.74 Å². The van der Waals surface area contributed by atoms with E-state index in [2.05, 4.69) is 0 Å². The maximum atomic E-state index is 7.26. The molecule has 4 heteroatoms. The SMILES string of the molecule is COc1ccccc1.N#CC#N.[SeH2]. The molecule has 0 aliphatic carbocycles. The second-order valence-electron chi connectivity index (χ2n) is 1.74. The fraction of sp³-hybridized carbons (Fsp3) is 0.111. The van der Waals surface area contributed by atoms with Gasteiger partial charge in [-0.3, -0.25) is 0 Å². The van der Waals surface area contributed by atoms with E-state index in [4.69, 9.17) is 15.3 Å². The molecule has 0 aromatic heterocycles. The number of nitrogens with zero attached hydrogens (tertiary/aromatic N) is 2. The van der Waals surface area contributed by atoms with Gasteiger partial charge in [0, 0.05) is 0 Å². The third-order valence-electron chi connectivity index (χ3n) is 1.03.